The van der Waals surface area contributed by atoms with E-state index in [0.29, 0.717) is 53.6 Å². The van der Waals surface area contributed by atoms with Crippen LogP contribution in [-0.2, 0) is 18.7 Å². The van der Waals surface area contributed by atoms with Gasteiger partial charge in [-0.25, -0.2) is 23.5 Å². The summed E-state index contributed by atoms with van der Waals surface area (Å²) in [5, 5.41) is 6.67. The zero-order valence-electron chi connectivity index (χ0n) is 23.2. The Bertz CT molecular complexity index is 1510. The number of carbonyl (C=O) groups is 1. The van der Waals surface area contributed by atoms with E-state index in [1.54, 1.807) is 24.3 Å². The number of likely N-dealkylation sites (N-methyl/N-ethyl adjacent to an activating group) is 1. The molecule has 2 aromatic carbocycles. The molecule has 0 spiro atoms. The van der Waals surface area contributed by atoms with Gasteiger partial charge in [-0.3, -0.25) is 4.79 Å². The van der Waals surface area contributed by atoms with Crippen LogP contribution in [0.4, 0.5) is 21.6 Å². The molecule has 242 valence electrons. The quantitative estimate of drug-likeness (QED) is 0.126. The Labute approximate surface area is 255 Å². The first-order valence-electron chi connectivity index (χ1n) is 12.3. The number of phosphoric acid groups is 2. The smallest absolute Gasteiger partial charge is 0.466 e. The van der Waals surface area contributed by atoms with Crippen molar-refractivity contribution in [3.05, 3.63) is 59.7 Å². The molecule has 0 aliphatic carbocycles. The van der Waals surface area contributed by atoms with Crippen molar-refractivity contribution in [2.45, 2.75) is 12.5 Å². The van der Waals surface area contributed by atoms with Gasteiger partial charge in [0.2, 0.25) is 5.91 Å². The van der Waals surface area contributed by atoms with E-state index < -0.39 is 21.5 Å². The Kier molecular flexibility index (Phi) is 14.2. The molecular weight excluding hydrogens is 651 g/mol. The molecule has 3 aromatic rings. The van der Waals surface area contributed by atoms with Crippen LogP contribution >= 0.6 is 27.2 Å². The number of rotatable bonds is 8. The average Bonchev–Trinajstić information content (AvgIpc) is 3.38. The number of aromatic nitrogens is 2. The maximum absolute atomic E-state index is 13.6. The normalized spacial score (nSPS) is 14.9. The summed E-state index contributed by atoms with van der Waals surface area (Å²) in [6.07, 6.45) is 5.32. The lowest BCUT2D eigenvalue weighted by molar-refractivity contribution is -0.112. The number of amides is 1. The first-order chi connectivity index (χ1) is 20.4. The van der Waals surface area contributed by atoms with Gasteiger partial charge in [0.1, 0.15) is 29.8 Å². The SMILES string of the molecule is CN(C)C/C=C/C(=O)Nc1cc2c(Nc3ccc(F)c(Cl)c3)ncnc2cc1O[C@H]1CCOC1.O=P(O)(O)O.O=P(O)(O)O. The Morgan fingerprint density at radius 3 is 2.36 bits per heavy atom. The van der Waals surface area contributed by atoms with E-state index in [9.17, 15) is 9.18 Å². The van der Waals surface area contributed by atoms with Gasteiger partial charge in [-0.05, 0) is 38.4 Å². The number of ether oxygens (including phenoxy) is 2. The molecule has 8 N–H and O–H groups in total. The number of nitrogens with one attached hydrogen (secondary N) is 2. The van der Waals surface area contributed by atoms with Crippen molar-refractivity contribution in [3.63, 3.8) is 0 Å². The highest BCUT2D eigenvalue weighted by molar-refractivity contribution is 7.45. The van der Waals surface area contributed by atoms with Gasteiger partial charge in [0.25, 0.3) is 0 Å². The number of halogens is 2. The minimum atomic E-state index is -4.64. The van der Waals surface area contributed by atoms with Crippen LogP contribution in [-0.4, -0.2) is 90.1 Å². The van der Waals surface area contributed by atoms with Gasteiger partial charge in [-0.15, -0.1) is 0 Å². The van der Waals surface area contributed by atoms with Crippen molar-refractivity contribution < 1.29 is 57.1 Å². The second-order valence-corrected chi connectivity index (χ2v) is 11.6. The lowest BCUT2D eigenvalue weighted by Gasteiger charge is -2.17. The highest BCUT2D eigenvalue weighted by Gasteiger charge is 2.21. The molecule has 4 rings (SSSR count). The first kappa shape index (κ1) is 37.1. The number of hydrogen-bond donors (Lipinski definition) is 8. The predicted molar refractivity (Wildman–Crippen MR) is 159 cm³/mol. The third-order valence-electron chi connectivity index (χ3n) is 5.10. The monoisotopic (exact) mass is 681 g/mol. The lowest BCUT2D eigenvalue weighted by Crippen LogP contribution is -2.18. The largest absolute Gasteiger partial charge is 0.486 e. The van der Waals surface area contributed by atoms with E-state index in [-0.39, 0.29) is 17.0 Å². The number of fused-ring (bicyclic) bond motifs is 1. The van der Waals surface area contributed by atoms with E-state index >= 15 is 0 Å². The molecule has 1 fully saturated rings. The predicted octanol–water partition coefficient (Wildman–Crippen LogP) is 2.53. The van der Waals surface area contributed by atoms with Crippen molar-refractivity contribution in [2.24, 2.45) is 0 Å². The summed E-state index contributed by atoms with van der Waals surface area (Å²) in [5.74, 6) is 0.170. The van der Waals surface area contributed by atoms with Crippen LogP contribution in [0.5, 0.6) is 5.75 Å². The zero-order chi connectivity index (χ0) is 33.1. The fraction of sp³-hybridized carbons (Fsp3) is 0.292. The molecule has 16 nitrogen and oxygen atoms in total. The molecule has 1 aliphatic heterocycles. The molecule has 0 radical (unpaired) electrons. The summed E-state index contributed by atoms with van der Waals surface area (Å²) in [5.41, 5.74) is 1.65. The summed E-state index contributed by atoms with van der Waals surface area (Å²) in [6, 6.07) is 7.82. The van der Waals surface area contributed by atoms with E-state index in [4.69, 9.17) is 59.6 Å². The van der Waals surface area contributed by atoms with Crippen molar-refractivity contribution in [2.75, 3.05) is 44.5 Å². The van der Waals surface area contributed by atoms with E-state index in [1.165, 1.54) is 24.5 Å². The van der Waals surface area contributed by atoms with Gasteiger partial charge < -0.3 is 54.4 Å². The van der Waals surface area contributed by atoms with Gasteiger partial charge in [-0.2, -0.15) is 0 Å². The Morgan fingerprint density at radius 1 is 1.14 bits per heavy atom. The van der Waals surface area contributed by atoms with Gasteiger partial charge >= 0.3 is 15.6 Å². The Morgan fingerprint density at radius 2 is 1.80 bits per heavy atom. The lowest BCUT2D eigenvalue weighted by atomic mass is 10.1. The summed E-state index contributed by atoms with van der Waals surface area (Å²) in [4.78, 5) is 66.3. The van der Waals surface area contributed by atoms with Crippen molar-refractivity contribution in [1.82, 2.24) is 14.9 Å². The molecule has 2 heterocycles. The summed E-state index contributed by atoms with van der Waals surface area (Å²) in [7, 11) is -5.44. The fourth-order valence-electron chi connectivity index (χ4n) is 3.42. The second-order valence-electron chi connectivity index (χ2n) is 9.13. The topological polar surface area (TPSA) is 244 Å². The summed E-state index contributed by atoms with van der Waals surface area (Å²) in [6.45, 7) is 1.75. The first-order valence-corrected chi connectivity index (χ1v) is 15.8. The van der Waals surface area contributed by atoms with E-state index in [0.717, 1.165) is 6.42 Å². The second kappa shape index (κ2) is 16.9. The van der Waals surface area contributed by atoms with Gasteiger partial charge in [-0.1, -0.05) is 17.7 Å². The highest BCUT2D eigenvalue weighted by Crippen LogP contribution is 2.35. The summed E-state index contributed by atoms with van der Waals surface area (Å²) >= 11 is 5.91. The molecule has 44 heavy (non-hydrogen) atoms. The molecular formula is C24H31ClFN5O11P2. The summed E-state index contributed by atoms with van der Waals surface area (Å²) < 4.78 is 42.9. The number of benzene rings is 2. The van der Waals surface area contributed by atoms with Crippen LogP contribution in [0.3, 0.4) is 0 Å². The van der Waals surface area contributed by atoms with Crippen LogP contribution < -0.4 is 15.4 Å². The molecule has 1 saturated heterocycles. The fourth-order valence-corrected chi connectivity index (χ4v) is 3.60. The molecule has 1 aromatic heterocycles. The molecule has 1 amide bonds. The molecule has 0 saturated carbocycles. The molecule has 1 atom stereocenters. The zero-order valence-corrected chi connectivity index (χ0v) is 25.8. The van der Waals surface area contributed by atoms with Crippen LogP contribution in [0, 0.1) is 5.82 Å². The minimum Gasteiger partial charge on any atom is -0.486 e. The highest BCUT2D eigenvalue weighted by atomic mass is 35.5. The number of nitrogens with zero attached hydrogens (tertiary/aromatic N) is 3. The van der Waals surface area contributed by atoms with E-state index in [2.05, 4.69) is 20.6 Å². The molecule has 0 unspecified atom stereocenters. The Balaban J connectivity index is 0.000000586. The minimum absolute atomic E-state index is 0.00436. The van der Waals surface area contributed by atoms with Crippen LogP contribution in [0.15, 0.2) is 48.8 Å². The van der Waals surface area contributed by atoms with Crippen molar-refractivity contribution in [3.8, 4) is 5.75 Å². The maximum atomic E-state index is 13.6. The third-order valence-corrected chi connectivity index (χ3v) is 5.39. The molecule has 1 aliphatic rings. The maximum Gasteiger partial charge on any atom is 0.466 e. The number of hydrogen-bond acceptors (Lipinski definition) is 9. The van der Waals surface area contributed by atoms with Gasteiger partial charge in [0.15, 0.2) is 0 Å². The molecule has 20 heteroatoms. The third kappa shape index (κ3) is 15.1. The van der Waals surface area contributed by atoms with Gasteiger partial charge in [0, 0.05) is 36.2 Å². The number of anilines is 3. The van der Waals surface area contributed by atoms with Crippen LogP contribution in [0.25, 0.3) is 10.9 Å². The average molecular weight is 682 g/mol. The van der Waals surface area contributed by atoms with E-state index in [1.807, 2.05) is 19.0 Å². The Hall–Kier alpha value is -3.05. The number of carbonyl (C=O) groups excluding carboxylic acids is 1. The van der Waals surface area contributed by atoms with Crippen LogP contribution in [0.2, 0.25) is 5.02 Å². The van der Waals surface area contributed by atoms with Crippen molar-refractivity contribution in [1.29, 1.82) is 0 Å². The van der Waals surface area contributed by atoms with Crippen LogP contribution in [0.1, 0.15) is 6.42 Å². The van der Waals surface area contributed by atoms with Gasteiger partial charge in [0.05, 0.1) is 29.4 Å². The standard InChI is InChI=1S/C24H25ClFN5O3.2H3O4P/c1-31(2)8-3-4-23(32)30-21-11-17-20(12-22(21)34-16-7-9-33-13-16)27-14-28-24(17)29-15-5-6-19(26)18(25)10-15;2*1-5(2,3)4/h3-6,10-12,14,16H,7-9,13H2,1-2H3,(H,30,32)(H,27,28,29);2*(H3,1,2,3,4)/b4-3+;;/t16-;;/m0../s1. The molecule has 0 bridgehead atoms. The van der Waals surface area contributed by atoms with Crippen molar-refractivity contribution >= 4 is 61.2 Å².